The average molecular weight is 442 g/mol. The Labute approximate surface area is 183 Å². The third-order valence-corrected chi connectivity index (χ3v) is 4.78. The van der Waals surface area contributed by atoms with Gasteiger partial charge in [-0.3, -0.25) is 9.59 Å². The molecular formula is C20H29Cl2N5O2. The van der Waals surface area contributed by atoms with Gasteiger partial charge in [0.2, 0.25) is 11.8 Å². The molecule has 1 aromatic heterocycles. The van der Waals surface area contributed by atoms with E-state index in [1.165, 1.54) is 5.56 Å². The molecule has 1 aliphatic rings. The molecule has 7 nitrogen and oxygen atoms in total. The van der Waals surface area contributed by atoms with E-state index in [1.54, 1.807) is 11.2 Å². The van der Waals surface area contributed by atoms with Crippen LogP contribution < -0.4 is 11.1 Å². The summed E-state index contributed by atoms with van der Waals surface area (Å²) in [4.78, 5) is 30.4. The fourth-order valence-electron chi connectivity index (χ4n) is 3.26. The summed E-state index contributed by atoms with van der Waals surface area (Å²) in [5.74, 6) is -0.361. The number of hydrogen-bond donors (Lipinski definition) is 2. The lowest BCUT2D eigenvalue weighted by atomic mass is 10.1. The molecule has 1 aliphatic heterocycles. The minimum absolute atomic E-state index is 0. The van der Waals surface area contributed by atoms with Crippen molar-refractivity contribution < 1.29 is 9.59 Å². The standard InChI is InChI=1S/C20H27N5O2.2ClH/c21-18(20(27)22-12-19(26)25-9-5-2-6-10-25)11-17-14-24(15-23-17)13-16-7-3-1-4-8-16;;/h1,3-4,7-8,14-15,18H,2,5-6,9-13,21H2,(H,22,27);2*1H/t18-;;/m0../s1. The van der Waals surface area contributed by atoms with Gasteiger partial charge in [0, 0.05) is 32.3 Å². The Kier molecular flexibility index (Phi) is 10.7. The Morgan fingerprint density at radius 1 is 1.10 bits per heavy atom. The molecule has 1 atom stereocenters. The fraction of sp³-hybridized carbons (Fsp3) is 0.450. The van der Waals surface area contributed by atoms with Gasteiger partial charge in [-0.05, 0) is 24.8 Å². The first-order valence-electron chi connectivity index (χ1n) is 9.47. The maximum atomic E-state index is 12.2. The lowest BCUT2D eigenvalue weighted by molar-refractivity contribution is -0.133. The lowest BCUT2D eigenvalue weighted by Crippen LogP contribution is -2.47. The molecule has 1 fully saturated rings. The van der Waals surface area contributed by atoms with Gasteiger partial charge in [-0.25, -0.2) is 4.98 Å². The number of nitrogens with one attached hydrogen (secondary N) is 1. The molecule has 2 aromatic rings. The lowest BCUT2D eigenvalue weighted by Gasteiger charge is -2.26. The predicted molar refractivity (Wildman–Crippen MR) is 117 cm³/mol. The number of imidazole rings is 1. The van der Waals surface area contributed by atoms with E-state index in [2.05, 4.69) is 22.4 Å². The summed E-state index contributed by atoms with van der Waals surface area (Å²) in [6.07, 6.45) is 7.21. The van der Waals surface area contributed by atoms with Gasteiger partial charge < -0.3 is 20.5 Å². The van der Waals surface area contributed by atoms with E-state index < -0.39 is 6.04 Å². The molecule has 0 spiro atoms. The van der Waals surface area contributed by atoms with Crippen molar-refractivity contribution in [2.75, 3.05) is 19.6 Å². The second kappa shape index (κ2) is 12.5. The van der Waals surface area contributed by atoms with Gasteiger partial charge >= 0.3 is 0 Å². The first-order chi connectivity index (χ1) is 13.1. The van der Waals surface area contributed by atoms with Gasteiger partial charge in [-0.2, -0.15) is 0 Å². The van der Waals surface area contributed by atoms with Gasteiger partial charge in [-0.15, -0.1) is 24.8 Å². The Bertz CT molecular complexity index is 763. The molecule has 2 amide bonds. The van der Waals surface area contributed by atoms with Crippen molar-refractivity contribution in [3.63, 3.8) is 0 Å². The molecule has 29 heavy (non-hydrogen) atoms. The molecular weight excluding hydrogens is 413 g/mol. The van der Waals surface area contributed by atoms with Crippen molar-refractivity contribution in [1.82, 2.24) is 19.8 Å². The molecule has 2 heterocycles. The summed E-state index contributed by atoms with van der Waals surface area (Å²) < 4.78 is 1.97. The maximum Gasteiger partial charge on any atom is 0.241 e. The van der Waals surface area contributed by atoms with Crippen molar-refractivity contribution in [1.29, 1.82) is 0 Å². The highest BCUT2D eigenvalue weighted by atomic mass is 35.5. The van der Waals surface area contributed by atoms with Crippen molar-refractivity contribution in [2.45, 2.75) is 38.3 Å². The number of carbonyl (C=O) groups is 2. The third-order valence-electron chi connectivity index (χ3n) is 4.78. The maximum absolute atomic E-state index is 12.2. The number of rotatable bonds is 7. The number of hydrogen-bond acceptors (Lipinski definition) is 4. The van der Waals surface area contributed by atoms with Gasteiger partial charge in [0.15, 0.2) is 0 Å². The monoisotopic (exact) mass is 441 g/mol. The third kappa shape index (κ3) is 7.68. The van der Waals surface area contributed by atoms with Crippen LogP contribution >= 0.6 is 24.8 Å². The van der Waals surface area contributed by atoms with Crippen molar-refractivity contribution in [3.8, 4) is 0 Å². The summed E-state index contributed by atoms with van der Waals surface area (Å²) >= 11 is 0. The number of amides is 2. The molecule has 3 N–H and O–H groups in total. The highest BCUT2D eigenvalue weighted by Crippen LogP contribution is 2.08. The van der Waals surface area contributed by atoms with Gasteiger partial charge in [0.1, 0.15) is 0 Å². The SMILES string of the molecule is Cl.Cl.N[C@@H](Cc1cn(Cc2ccccc2)cn1)C(=O)NCC(=O)N1CCCCC1. The molecule has 3 rings (SSSR count). The van der Waals surface area contributed by atoms with E-state index in [0.717, 1.165) is 44.6 Å². The van der Waals surface area contributed by atoms with E-state index in [0.29, 0.717) is 6.42 Å². The fourth-order valence-corrected chi connectivity index (χ4v) is 3.26. The smallest absolute Gasteiger partial charge is 0.241 e. The van der Waals surface area contributed by atoms with Gasteiger partial charge in [0.05, 0.1) is 24.6 Å². The number of nitrogens with two attached hydrogens (primary N) is 1. The van der Waals surface area contributed by atoms with Crippen LogP contribution in [0.5, 0.6) is 0 Å². The summed E-state index contributed by atoms with van der Waals surface area (Å²) in [7, 11) is 0. The predicted octanol–water partition coefficient (Wildman–Crippen LogP) is 1.77. The Hall–Kier alpha value is -2.09. The molecule has 0 radical (unpaired) electrons. The van der Waals surface area contributed by atoms with Gasteiger partial charge in [-0.1, -0.05) is 30.3 Å². The summed E-state index contributed by atoms with van der Waals surface area (Å²) in [6.45, 7) is 2.29. The zero-order valence-electron chi connectivity index (χ0n) is 16.3. The number of likely N-dealkylation sites (tertiary alicyclic amines) is 1. The molecule has 0 saturated carbocycles. The molecule has 0 bridgehead atoms. The quantitative estimate of drug-likeness (QED) is 0.684. The number of aromatic nitrogens is 2. The van der Waals surface area contributed by atoms with E-state index >= 15 is 0 Å². The molecule has 1 aromatic carbocycles. The summed E-state index contributed by atoms with van der Waals surface area (Å²) in [5.41, 5.74) is 7.93. The zero-order chi connectivity index (χ0) is 19.1. The highest BCUT2D eigenvalue weighted by molar-refractivity contribution is 5.87. The van der Waals surface area contributed by atoms with E-state index in [1.807, 2.05) is 29.0 Å². The van der Waals surface area contributed by atoms with Crippen LogP contribution in [0.3, 0.4) is 0 Å². The van der Waals surface area contributed by atoms with E-state index in [9.17, 15) is 9.59 Å². The van der Waals surface area contributed by atoms with Crippen LogP contribution in [0.25, 0.3) is 0 Å². The van der Waals surface area contributed by atoms with Gasteiger partial charge in [0.25, 0.3) is 0 Å². The molecule has 0 aliphatic carbocycles. The van der Waals surface area contributed by atoms with Crippen LogP contribution in [0.15, 0.2) is 42.9 Å². The minimum atomic E-state index is -0.723. The van der Waals surface area contributed by atoms with E-state index in [-0.39, 0.29) is 43.2 Å². The average Bonchev–Trinajstić information content (AvgIpc) is 3.14. The molecule has 0 unspecified atom stereocenters. The van der Waals surface area contributed by atoms with Crippen LogP contribution in [0, 0.1) is 0 Å². The number of nitrogens with zero attached hydrogens (tertiary/aromatic N) is 3. The Morgan fingerprint density at radius 3 is 2.48 bits per heavy atom. The number of halogens is 2. The molecule has 9 heteroatoms. The second-order valence-corrected chi connectivity index (χ2v) is 6.99. The topological polar surface area (TPSA) is 93.2 Å². The van der Waals surface area contributed by atoms with Crippen LogP contribution in [0.2, 0.25) is 0 Å². The summed E-state index contributed by atoms with van der Waals surface area (Å²) in [6, 6.07) is 9.36. The van der Waals surface area contributed by atoms with Crippen LogP contribution in [0.1, 0.15) is 30.5 Å². The number of piperidine rings is 1. The van der Waals surface area contributed by atoms with Crippen LogP contribution in [0.4, 0.5) is 0 Å². The first kappa shape index (κ1) is 24.9. The van der Waals surface area contributed by atoms with Crippen molar-refractivity contribution >= 4 is 36.6 Å². The second-order valence-electron chi connectivity index (χ2n) is 6.99. The minimum Gasteiger partial charge on any atom is -0.346 e. The number of carbonyl (C=O) groups excluding carboxylic acids is 2. The highest BCUT2D eigenvalue weighted by Gasteiger charge is 2.20. The zero-order valence-corrected chi connectivity index (χ0v) is 18.0. The Balaban J connectivity index is 0.00000210. The molecule has 1 saturated heterocycles. The van der Waals surface area contributed by atoms with Crippen LogP contribution in [-0.4, -0.2) is 51.9 Å². The van der Waals surface area contributed by atoms with Crippen molar-refractivity contribution in [2.24, 2.45) is 5.73 Å². The summed E-state index contributed by atoms with van der Waals surface area (Å²) in [5, 5.41) is 2.66. The first-order valence-corrected chi connectivity index (χ1v) is 9.47. The normalized spacial score (nSPS) is 14.3. The van der Waals surface area contributed by atoms with Crippen LogP contribution in [-0.2, 0) is 22.6 Å². The van der Waals surface area contributed by atoms with E-state index in [4.69, 9.17) is 5.73 Å². The number of benzene rings is 1. The largest absolute Gasteiger partial charge is 0.346 e. The molecule has 160 valence electrons. The Morgan fingerprint density at radius 2 is 1.79 bits per heavy atom. The van der Waals surface area contributed by atoms with Crippen molar-refractivity contribution in [3.05, 3.63) is 54.1 Å².